The van der Waals surface area contributed by atoms with Gasteiger partial charge in [-0.25, -0.2) is 0 Å². The molecule has 0 bridgehead atoms. The average Bonchev–Trinajstić information content (AvgIpc) is 2.44. The lowest BCUT2D eigenvalue weighted by Crippen LogP contribution is -2.18. The van der Waals surface area contributed by atoms with Gasteiger partial charge in [-0.2, -0.15) is 0 Å². The third-order valence-electron chi connectivity index (χ3n) is 3.49. The predicted octanol–water partition coefficient (Wildman–Crippen LogP) is 3.23. The molecule has 0 aliphatic heterocycles. The van der Waals surface area contributed by atoms with Crippen LogP contribution >= 0.6 is 0 Å². The summed E-state index contributed by atoms with van der Waals surface area (Å²) < 4.78 is 5.12. The van der Waals surface area contributed by atoms with E-state index in [0.29, 0.717) is 6.04 Å². The molecular weight excluding hydrogens is 236 g/mol. The van der Waals surface area contributed by atoms with Gasteiger partial charge in [0.2, 0.25) is 0 Å². The van der Waals surface area contributed by atoms with Gasteiger partial charge in [-0.1, -0.05) is 18.2 Å². The second kappa shape index (κ2) is 6.64. The van der Waals surface area contributed by atoms with E-state index in [4.69, 9.17) is 9.72 Å². The molecule has 19 heavy (non-hydrogen) atoms. The highest BCUT2D eigenvalue weighted by molar-refractivity contribution is 5.82. The summed E-state index contributed by atoms with van der Waals surface area (Å²) in [5.41, 5.74) is 3.48. The third kappa shape index (κ3) is 3.31. The van der Waals surface area contributed by atoms with Crippen LogP contribution in [0, 0.1) is 6.92 Å². The van der Waals surface area contributed by atoms with Crippen molar-refractivity contribution in [3.05, 3.63) is 41.6 Å². The van der Waals surface area contributed by atoms with E-state index >= 15 is 0 Å². The fourth-order valence-electron chi connectivity index (χ4n) is 2.43. The molecule has 1 N–H and O–H groups in total. The smallest absolute Gasteiger partial charge is 0.0708 e. The molecule has 0 amide bonds. The van der Waals surface area contributed by atoms with Crippen LogP contribution in [-0.2, 0) is 4.74 Å². The molecule has 1 atom stereocenters. The van der Waals surface area contributed by atoms with E-state index in [1.54, 1.807) is 7.11 Å². The number of nitrogens with zero attached hydrogens (tertiary/aromatic N) is 1. The zero-order chi connectivity index (χ0) is 13.7. The van der Waals surface area contributed by atoms with Gasteiger partial charge in [0.25, 0.3) is 0 Å². The third-order valence-corrected chi connectivity index (χ3v) is 3.49. The number of aryl methyl sites for hydroxylation is 1. The van der Waals surface area contributed by atoms with E-state index in [-0.39, 0.29) is 0 Å². The summed E-state index contributed by atoms with van der Waals surface area (Å²) in [6, 6.07) is 10.8. The Morgan fingerprint density at radius 3 is 2.84 bits per heavy atom. The van der Waals surface area contributed by atoms with Crippen molar-refractivity contribution in [1.29, 1.82) is 0 Å². The summed E-state index contributed by atoms with van der Waals surface area (Å²) in [5, 5.41) is 4.59. The van der Waals surface area contributed by atoms with Gasteiger partial charge in [-0.15, -0.1) is 0 Å². The number of nitrogens with one attached hydrogen (secondary N) is 1. The number of hydrogen-bond donors (Lipinski definition) is 1. The number of pyridine rings is 1. The molecular formula is C16H22N2O. The van der Waals surface area contributed by atoms with Gasteiger partial charge in [-0.05, 0) is 44.5 Å². The normalized spacial score (nSPS) is 12.8. The molecule has 1 unspecified atom stereocenters. The summed E-state index contributed by atoms with van der Waals surface area (Å²) in [4.78, 5) is 4.78. The molecule has 2 rings (SSSR count). The molecule has 0 spiro atoms. The Hall–Kier alpha value is -1.45. The number of ether oxygens (including phenoxy) is 1. The van der Waals surface area contributed by atoms with Crippen molar-refractivity contribution in [3.8, 4) is 0 Å². The van der Waals surface area contributed by atoms with Crippen molar-refractivity contribution in [2.45, 2.75) is 25.8 Å². The summed E-state index contributed by atoms with van der Waals surface area (Å²) in [6.45, 7) is 2.94. The van der Waals surface area contributed by atoms with Crippen molar-refractivity contribution >= 4 is 10.9 Å². The van der Waals surface area contributed by atoms with Crippen LogP contribution in [0.3, 0.4) is 0 Å². The largest absolute Gasteiger partial charge is 0.385 e. The van der Waals surface area contributed by atoms with Crippen LogP contribution in [0.15, 0.2) is 30.3 Å². The Balaban J connectivity index is 2.27. The van der Waals surface area contributed by atoms with Crippen molar-refractivity contribution < 1.29 is 4.74 Å². The summed E-state index contributed by atoms with van der Waals surface area (Å²) >= 11 is 0. The molecule has 102 valence electrons. The molecule has 1 heterocycles. The van der Waals surface area contributed by atoms with Crippen molar-refractivity contribution in [2.24, 2.45) is 0 Å². The van der Waals surface area contributed by atoms with Gasteiger partial charge in [0.05, 0.1) is 11.2 Å². The first-order valence-corrected chi connectivity index (χ1v) is 6.78. The van der Waals surface area contributed by atoms with E-state index in [1.807, 2.05) is 13.1 Å². The Labute approximate surface area is 115 Å². The minimum Gasteiger partial charge on any atom is -0.385 e. The molecule has 0 fully saturated rings. The maximum Gasteiger partial charge on any atom is 0.0708 e. The van der Waals surface area contributed by atoms with Gasteiger partial charge < -0.3 is 10.1 Å². The summed E-state index contributed by atoms with van der Waals surface area (Å²) in [5.74, 6) is 0. The minimum atomic E-state index is 0.290. The molecule has 0 aliphatic rings. The van der Waals surface area contributed by atoms with E-state index in [2.05, 4.69) is 36.5 Å². The lowest BCUT2D eigenvalue weighted by Gasteiger charge is -2.17. The number of aromatic nitrogens is 1. The minimum absolute atomic E-state index is 0.290. The van der Waals surface area contributed by atoms with Crippen LogP contribution in [0.25, 0.3) is 10.9 Å². The van der Waals surface area contributed by atoms with Crippen LogP contribution in [0.4, 0.5) is 0 Å². The molecule has 0 saturated heterocycles. The average molecular weight is 258 g/mol. The maximum absolute atomic E-state index is 5.12. The SMILES string of the molecule is CNC(CCCOC)c1cc(C)c2ccccc2n1. The standard InChI is InChI=1S/C16H22N2O/c1-12-11-16(15(17-2)9-6-10-19-3)18-14-8-5-4-7-13(12)14/h4-5,7-8,11,15,17H,6,9-10H2,1-3H3. The summed E-state index contributed by atoms with van der Waals surface area (Å²) in [6.07, 6.45) is 2.07. The van der Waals surface area contributed by atoms with Crippen molar-refractivity contribution in [3.63, 3.8) is 0 Å². The molecule has 2 aromatic rings. The molecule has 0 radical (unpaired) electrons. The van der Waals surface area contributed by atoms with Gasteiger partial charge in [-0.3, -0.25) is 4.98 Å². The van der Waals surface area contributed by atoms with Gasteiger partial charge in [0.15, 0.2) is 0 Å². The molecule has 1 aromatic heterocycles. The first-order valence-electron chi connectivity index (χ1n) is 6.78. The van der Waals surface area contributed by atoms with Gasteiger partial charge >= 0.3 is 0 Å². The van der Waals surface area contributed by atoms with Crippen LogP contribution in [0.1, 0.15) is 30.1 Å². The Bertz CT molecular complexity index is 539. The lowest BCUT2D eigenvalue weighted by molar-refractivity contribution is 0.189. The molecule has 1 aromatic carbocycles. The van der Waals surface area contributed by atoms with E-state index in [9.17, 15) is 0 Å². The second-order valence-corrected chi connectivity index (χ2v) is 4.86. The zero-order valence-electron chi connectivity index (χ0n) is 11.9. The Morgan fingerprint density at radius 2 is 2.11 bits per heavy atom. The monoisotopic (exact) mass is 258 g/mol. The zero-order valence-corrected chi connectivity index (χ0v) is 11.9. The second-order valence-electron chi connectivity index (χ2n) is 4.86. The first-order chi connectivity index (χ1) is 9.26. The van der Waals surface area contributed by atoms with Gasteiger partial charge in [0, 0.05) is 25.1 Å². The topological polar surface area (TPSA) is 34.1 Å². The Morgan fingerprint density at radius 1 is 1.32 bits per heavy atom. The highest BCUT2D eigenvalue weighted by atomic mass is 16.5. The van der Waals surface area contributed by atoms with Gasteiger partial charge in [0.1, 0.15) is 0 Å². The lowest BCUT2D eigenvalue weighted by atomic mass is 10.0. The Kier molecular flexibility index (Phi) is 4.88. The van der Waals surface area contributed by atoms with Crippen LogP contribution in [0.2, 0.25) is 0 Å². The van der Waals surface area contributed by atoms with Crippen molar-refractivity contribution in [2.75, 3.05) is 20.8 Å². The van der Waals surface area contributed by atoms with E-state index in [0.717, 1.165) is 30.7 Å². The van der Waals surface area contributed by atoms with E-state index in [1.165, 1.54) is 10.9 Å². The number of hydrogen-bond acceptors (Lipinski definition) is 3. The number of fused-ring (bicyclic) bond motifs is 1. The molecule has 3 heteroatoms. The number of methoxy groups -OCH3 is 1. The van der Waals surface area contributed by atoms with Crippen LogP contribution < -0.4 is 5.32 Å². The fraction of sp³-hybridized carbons (Fsp3) is 0.438. The summed E-state index contributed by atoms with van der Waals surface area (Å²) in [7, 11) is 3.73. The van der Waals surface area contributed by atoms with E-state index < -0.39 is 0 Å². The molecule has 0 aliphatic carbocycles. The first kappa shape index (κ1) is 14.0. The molecule has 3 nitrogen and oxygen atoms in total. The van der Waals surface area contributed by atoms with Crippen molar-refractivity contribution in [1.82, 2.24) is 10.3 Å². The fourth-order valence-corrected chi connectivity index (χ4v) is 2.43. The quantitative estimate of drug-likeness (QED) is 0.808. The highest BCUT2D eigenvalue weighted by Gasteiger charge is 2.12. The molecule has 0 saturated carbocycles. The van der Waals surface area contributed by atoms with Crippen LogP contribution in [0.5, 0.6) is 0 Å². The van der Waals surface area contributed by atoms with Crippen LogP contribution in [-0.4, -0.2) is 25.7 Å². The highest BCUT2D eigenvalue weighted by Crippen LogP contribution is 2.23. The maximum atomic E-state index is 5.12. The number of para-hydroxylation sites is 1. The number of benzene rings is 1. The predicted molar refractivity (Wildman–Crippen MR) is 79.4 cm³/mol. The number of rotatable bonds is 6.